The molecule has 1 saturated heterocycles. The zero-order chi connectivity index (χ0) is 23.2. The second kappa shape index (κ2) is 11.1. The molecule has 3 N–H and O–H groups in total. The van der Waals surface area contributed by atoms with Crippen LogP contribution >= 0.6 is 0 Å². The summed E-state index contributed by atoms with van der Waals surface area (Å²) in [6, 6.07) is 15.1. The number of rotatable bonds is 10. The normalized spacial score (nSPS) is 16.7. The number of nitrogens with two attached hydrogens (primary N) is 1. The van der Waals surface area contributed by atoms with E-state index in [4.69, 9.17) is 10.5 Å². The van der Waals surface area contributed by atoms with Crippen molar-refractivity contribution in [2.75, 3.05) is 51.8 Å². The summed E-state index contributed by atoms with van der Waals surface area (Å²) in [7, 11) is 4.22. The van der Waals surface area contributed by atoms with E-state index in [0.29, 0.717) is 19.8 Å². The Bertz CT molecular complexity index is 937. The van der Waals surface area contributed by atoms with Gasteiger partial charge in [0, 0.05) is 63.7 Å². The van der Waals surface area contributed by atoms with Gasteiger partial charge in [0.1, 0.15) is 0 Å². The molecular weight excluding hydrogens is 412 g/mol. The smallest absolute Gasteiger partial charge is 0.251 e. The molecule has 1 heterocycles. The molecule has 1 aliphatic heterocycles. The van der Waals surface area contributed by atoms with Gasteiger partial charge in [0.2, 0.25) is 0 Å². The number of amides is 1. The van der Waals surface area contributed by atoms with Crippen molar-refractivity contribution in [1.82, 2.24) is 10.2 Å². The third-order valence-corrected chi connectivity index (χ3v) is 6.63. The van der Waals surface area contributed by atoms with Crippen LogP contribution in [0.2, 0.25) is 0 Å². The van der Waals surface area contributed by atoms with Gasteiger partial charge in [-0.3, -0.25) is 4.79 Å². The minimum absolute atomic E-state index is 0.00338. The van der Waals surface area contributed by atoms with E-state index in [0.717, 1.165) is 60.8 Å². The molecule has 0 atom stereocenters. The molecule has 1 aliphatic carbocycles. The number of likely N-dealkylation sites (N-methyl/N-ethyl adjacent to an activating group) is 1. The Labute approximate surface area is 198 Å². The van der Waals surface area contributed by atoms with Crippen LogP contribution in [0.5, 0.6) is 0 Å². The lowest BCUT2D eigenvalue weighted by Gasteiger charge is -2.24. The molecule has 2 aromatic rings. The Balaban J connectivity index is 1.60. The number of carbonyl (C=O) groups excluding carboxylic acids is 1. The molecule has 33 heavy (non-hydrogen) atoms. The number of ether oxygens (including phenoxy) is 1. The number of benzene rings is 2. The highest BCUT2D eigenvalue weighted by molar-refractivity contribution is 5.97. The number of anilines is 1. The van der Waals surface area contributed by atoms with E-state index >= 15 is 0 Å². The molecule has 4 rings (SSSR count). The molecule has 178 valence electrons. The predicted molar refractivity (Wildman–Crippen MR) is 135 cm³/mol. The first-order valence-corrected chi connectivity index (χ1v) is 12.2. The molecule has 0 unspecified atom stereocenters. The van der Waals surface area contributed by atoms with Crippen LogP contribution in [0.3, 0.4) is 0 Å². The van der Waals surface area contributed by atoms with Crippen molar-refractivity contribution >= 4 is 11.6 Å². The van der Waals surface area contributed by atoms with Crippen molar-refractivity contribution in [3.63, 3.8) is 0 Å². The zero-order valence-corrected chi connectivity index (χ0v) is 20.1. The lowest BCUT2D eigenvalue weighted by atomic mass is 9.98. The van der Waals surface area contributed by atoms with Gasteiger partial charge in [0.15, 0.2) is 0 Å². The largest absolute Gasteiger partial charge is 0.381 e. The summed E-state index contributed by atoms with van der Waals surface area (Å²) < 4.78 is 5.44. The second-order valence-corrected chi connectivity index (χ2v) is 9.68. The average molecular weight is 451 g/mol. The van der Waals surface area contributed by atoms with Crippen molar-refractivity contribution in [3.8, 4) is 11.1 Å². The number of hydrogen-bond donors (Lipinski definition) is 2. The van der Waals surface area contributed by atoms with Crippen LogP contribution in [-0.4, -0.2) is 63.8 Å². The molecule has 0 spiro atoms. The number of nitrogens with one attached hydrogen (secondary N) is 1. The summed E-state index contributed by atoms with van der Waals surface area (Å²) in [6.07, 6.45) is 4.36. The lowest BCUT2D eigenvalue weighted by molar-refractivity contribution is 0.0696. The Morgan fingerprint density at radius 3 is 2.58 bits per heavy atom. The predicted octanol–water partition coefficient (Wildman–Crippen LogP) is 3.50. The van der Waals surface area contributed by atoms with Crippen LogP contribution < -0.4 is 16.0 Å². The summed E-state index contributed by atoms with van der Waals surface area (Å²) in [6.45, 7) is 4.83. The van der Waals surface area contributed by atoms with Gasteiger partial charge in [-0.05, 0) is 79.6 Å². The van der Waals surface area contributed by atoms with Crippen LogP contribution in [0.25, 0.3) is 11.1 Å². The molecule has 0 aromatic heterocycles. The maximum atomic E-state index is 13.2. The van der Waals surface area contributed by atoms with E-state index in [-0.39, 0.29) is 11.9 Å². The van der Waals surface area contributed by atoms with Crippen LogP contribution in [-0.2, 0) is 11.3 Å². The van der Waals surface area contributed by atoms with Gasteiger partial charge >= 0.3 is 0 Å². The first-order chi connectivity index (χ1) is 16.0. The quantitative estimate of drug-likeness (QED) is 0.580. The fourth-order valence-corrected chi connectivity index (χ4v) is 4.49. The molecule has 2 aromatic carbocycles. The minimum Gasteiger partial charge on any atom is -0.381 e. The molecule has 0 radical (unpaired) electrons. The van der Waals surface area contributed by atoms with Crippen LogP contribution in [0, 0.1) is 5.92 Å². The Morgan fingerprint density at radius 2 is 1.85 bits per heavy atom. The van der Waals surface area contributed by atoms with E-state index in [2.05, 4.69) is 59.5 Å². The number of hydrogen-bond acceptors (Lipinski definition) is 5. The van der Waals surface area contributed by atoms with Crippen molar-refractivity contribution in [2.45, 2.75) is 38.3 Å². The van der Waals surface area contributed by atoms with Gasteiger partial charge in [-0.2, -0.15) is 0 Å². The van der Waals surface area contributed by atoms with E-state index in [9.17, 15) is 4.79 Å². The topological polar surface area (TPSA) is 70.8 Å². The van der Waals surface area contributed by atoms with Crippen molar-refractivity contribution < 1.29 is 9.53 Å². The molecule has 0 bridgehead atoms. The lowest BCUT2D eigenvalue weighted by Crippen LogP contribution is -2.39. The summed E-state index contributed by atoms with van der Waals surface area (Å²) in [5.74, 6) is 0.781. The minimum atomic E-state index is 0.00338. The molecular formula is C27H38N4O2. The van der Waals surface area contributed by atoms with Crippen LogP contribution in [0.4, 0.5) is 5.69 Å². The summed E-state index contributed by atoms with van der Waals surface area (Å²) in [4.78, 5) is 17.7. The highest BCUT2D eigenvalue weighted by Crippen LogP contribution is 2.33. The standard InChI is InChI=1S/C27H38N4O2/c1-30(11-10-28)18-21-4-3-5-22(14-21)23-15-24(27(32)29-25-8-12-33-13-9-25)17-26(16-23)31(2)19-20-6-7-20/h3-5,14-17,20,25H,6-13,18-19,28H2,1-2H3,(H,29,32). The van der Waals surface area contributed by atoms with E-state index in [1.165, 1.54) is 18.4 Å². The molecule has 6 heteroatoms. The molecule has 1 saturated carbocycles. The third kappa shape index (κ3) is 6.79. The van der Waals surface area contributed by atoms with Gasteiger partial charge in [0.05, 0.1) is 0 Å². The van der Waals surface area contributed by atoms with E-state index in [1.807, 2.05) is 12.1 Å². The first kappa shape index (κ1) is 23.7. The SMILES string of the molecule is CN(CCN)Cc1cccc(-c2cc(C(=O)NC3CCOCC3)cc(N(C)CC3CC3)c2)c1. The molecule has 1 amide bonds. The van der Waals surface area contributed by atoms with Crippen LogP contribution in [0.1, 0.15) is 41.6 Å². The van der Waals surface area contributed by atoms with Gasteiger partial charge in [-0.25, -0.2) is 0 Å². The first-order valence-electron chi connectivity index (χ1n) is 12.2. The zero-order valence-electron chi connectivity index (χ0n) is 20.1. The number of carbonyl (C=O) groups is 1. The fraction of sp³-hybridized carbons (Fsp3) is 0.519. The molecule has 2 aliphatic rings. The van der Waals surface area contributed by atoms with Crippen molar-refractivity contribution in [2.24, 2.45) is 11.7 Å². The van der Waals surface area contributed by atoms with E-state index in [1.54, 1.807) is 0 Å². The Kier molecular flexibility index (Phi) is 8.02. The Morgan fingerprint density at radius 1 is 1.06 bits per heavy atom. The summed E-state index contributed by atoms with van der Waals surface area (Å²) in [5, 5.41) is 3.23. The summed E-state index contributed by atoms with van der Waals surface area (Å²) >= 11 is 0. The maximum absolute atomic E-state index is 13.2. The van der Waals surface area contributed by atoms with Gasteiger partial charge in [-0.1, -0.05) is 18.2 Å². The molecule has 6 nitrogen and oxygen atoms in total. The van der Waals surface area contributed by atoms with Gasteiger partial charge in [0.25, 0.3) is 5.91 Å². The summed E-state index contributed by atoms with van der Waals surface area (Å²) in [5.41, 5.74) is 11.0. The monoisotopic (exact) mass is 450 g/mol. The van der Waals surface area contributed by atoms with Crippen molar-refractivity contribution in [1.29, 1.82) is 0 Å². The highest BCUT2D eigenvalue weighted by atomic mass is 16.5. The highest BCUT2D eigenvalue weighted by Gasteiger charge is 2.24. The molecule has 2 fully saturated rings. The third-order valence-electron chi connectivity index (χ3n) is 6.63. The Hall–Kier alpha value is -2.41. The average Bonchev–Trinajstić information content (AvgIpc) is 3.64. The van der Waals surface area contributed by atoms with Gasteiger partial charge in [-0.15, -0.1) is 0 Å². The second-order valence-electron chi connectivity index (χ2n) is 9.68. The maximum Gasteiger partial charge on any atom is 0.251 e. The number of nitrogens with zero attached hydrogens (tertiary/aromatic N) is 2. The van der Waals surface area contributed by atoms with Crippen LogP contribution in [0.15, 0.2) is 42.5 Å². The van der Waals surface area contributed by atoms with Crippen molar-refractivity contribution in [3.05, 3.63) is 53.6 Å². The fourth-order valence-electron chi connectivity index (χ4n) is 4.49. The van der Waals surface area contributed by atoms with E-state index < -0.39 is 0 Å². The van der Waals surface area contributed by atoms with Gasteiger partial charge < -0.3 is 25.6 Å².